The van der Waals surface area contributed by atoms with Crippen LogP contribution >= 0.6 is 0 Å². The van der Waals surface area contributed by atoms with Gasteiger partial charge in [0.2, 0.25) is 5.71 Å². The molecule has 26 heavy (non-hydrogen) atoms. The Morgan fingerprint density at radius 2 is 1.77 bits per heavy atom. The summed E-state index contributed by atoms with van der Waals surface area (Å²) in [5.74, 6) is 1.56. The minimum atomic E-state index is 0.0639. The second kappa shape index (κ2) is 6.89. The van der Waals surface area contributed by atoms with Crippen molar-refractivity contribution in [3.63, 3.8) is 0 Å². The number of rotatable bonds is 2. The molecule has 4 heterocycles. The molecule has 0 radical (unpaired) electrons. The normalized spacial score (nSPS) is 24.3. The average Bonchev–Trinajstić information content (AvgIpc) is 2.98. The van der Waals surface area contributed by atoms with Gasteiger partial charge in [-0.05, 0) is 59.3 Å². The Hall–Kier alpha value is -2.11. The summed E-state index contributed by atoms with van der Waals surface area (Å²) < 4.78 is 5.89. The molecule has 0 aliphatic carbocycles. The molecule has 6 heteroatoms. The first kappa shape index (κ1) is 17.3. The number of aromatic nitrogens is 2. The van der Waals surface area contributed by atoms with Crippen molar-refractivity contribution in [2.45, 2.75) is 71.4 Å². The molecule has 0 bridgehead atoms. The third-order valence-electron chi connectivity index (χ3n) is 5.94. The molecular weight excluding hydrogens is 328 g/mol. The van der Waals surface area contributed by atoms with Crippen molar-refractivity contribution < 1.29 is 9.21 Å². The Labute approximate surface area is 154 Å². The van der Waals surface area contributed by atoms with E-state index >= 15 is 0 Å². The zero-order chi connectivity index (χ0) is 18.3. The monoisotopic (exact) mass is 356 g/mol. The molecule has 6 nitrogen and oxygen atoms in total. The van der Waals surface area contributed by atoms with Gasteiger partial charge in [0.05, 0.1) is 10.9 Å². The van der Waals surface area contributed by atoms with E-state index in [1.165, 1.54) is 12.8 Å². The highest BCUT2D eigenvalue weighted by Gasteiger charge is 2.34. The van der Waals surface area contributed by atoms with E-state index in [1.54, 1.807) is 6.33 Å². The summed E-state index contributed by atoms with van der Waals surface area (Å²) in [7, 11) is 0. The number of carbonyl (C=O) groups excluding carboxylic acids is 1. The van der Waals surface area contributed by atoms with Crippen molar-refractivity contribution in [2.75, 3.05) is 18.0 Å². The van der Waals surface area contributed by atoms with Crippen molar-refractivity contribution in [1.29, 1.82) is 0 Å². The molecule has 1 amide bonds. The maximum absolute atomic E-state index is 13.5. The Morgan fingerprint density at radius 3 is 2.46 bits per heavy atom. The molecule has 2 saturated heterocycles. The number of furan rings is 1. The van der Waals surface area contributed by atoms with E-state index in [2.05, 4.69) is 28.7 Å². The molecule has 0 N–H and O–H groups in total. The van der Waals surface area contributed by atoms with E-state index in [9.17, 15) is 4.79 Å². The number of fused-ring (bicyclic) bond motifs is 1. The first-order valence-electron chi connectivity index (χ1n) is 9.89. The fourth-order valence-corrected chi connectivity index (χ4v) is 4.58. The number of hydrogen-bond acceptors (Lipinski definition) is 5. The summed E-state index contributed by atoms with van der Waals surface area (Å²) in [6.07, 6.45) is 8.41. The second-order valence-corrected chi connectivity index (χ2v) is 7.80. The Morgan fingerprint density at radius 1 is 1.08 bits per heavy atom. The van der Waals surface area contributed by atoms with Gasteiger partial charge in [-0.15, -0.1) is 0 Å². The summed E-state index contributed by atoms with van der Waals surface area (Å²) in [6, 6.07) is 0.498. The number of hydrogen-bond donors (Lipinski definition) is 0. The van der Waals surface area contributed by atoms with Gasteiger partial charge in [0.15, 0.2) is 0 Å². The third kappa shape index (κ3) is 2.85. The average molecular weight is 356 g/mol. The van der Waals surface area contributed by atoms with E-state index in [-0.39, 0.29) is 18.0 Å². The molecule has 0 unspecified atom stereocenters. The van der Waals surface area contributed by atoms with Gasteiger partial charge in [0.25, 0.3) is 5.91 Å². The van der Waals surface area contributed by atoms with Crippen LogP contribution in [0.2, 0.25) is 0 Å². The smallest absolute Gasteiger partial charge is 0.258 e. The van der Waals surface area contributed by atoms with Gasteiger partial charge in [0.1, 0.15) is 17.9 Å². The van der Waals surface area contributed by atoms with Gasteiger partial charge in [-0.2, -0.15) is 0 Å². The van der Waals surface area contributed by atoms with Crippen LogP contribution < -0.4 is 4.90 Å². The van der Waals surface area contributed by atoms with Gasteiger partial charge in [-0.1, -0.05) is 0 Å². The van der Waals surface area contributed by atoms with Crippen molar-refractivity contribution in [3.8, 4) is 0 Å². The van der Waals surface area contributed by atoms with Crippen LogP contribution in [0, 0.1) is 6.92 Å². The van der Waals surface area contributed by atoms with Crippen LogP contribution in [0.25, 0.3) is 11.1 Å². The minimum Gasteiger partial charge on any atom is -0.442 e. The summed E-state index contributed by atoms with van der Waals surface area (Å²) in [5.41, 5.74) is 1.18. The molecule has 2 aromatic rings. The minimum absolute atomic E-state index is 0.0639. The van der Waals surface area contributed by atoms with E-state index in [4.69, 9.17) is 4.42 Å². The zero-order valence-electron chi connectivity index (χ0n) is 16.0. The standard InChI is InChI=1S/C20H28N4O2/c1-13-8-7-9-14(2)24(13)20(25)16-15(3)26-19-17(16)18(21-12-22-19)23-10-5-4-6-11-23/h12-14H,4-11H2,1-3H3/t13-,14-/m0/s1. The summed E-state index contributed by atoms with van der Waals surface area (Å²) >= 11 is 0. The lowest BCUT2D eigenvalue weighted by molar-refractivity contribution is 0.0511. The Bertz CT molecular complexity index is 799. The number of carbonyl (C=O) groups is 1. The van der Waals surface area contributed by atoms with Crippen molar-refractivity contribution >= 4 is 22.8 Å². The van der Waals surface area contributed by atoms with E-state index in [1.807, 2.05) is 11.8 Å². The highest BCUT2D eigenvalue weighted by Crippen LogP contribution is 2.35. The van der Waals surface area contributed by atoms with E-state index in [0.717, 1.165) is 50.0 Å². The molecule has 2 aromatic heterocycles. The number of nitrogens with zero attached hydrogens (tertiary/aromatic N) is 4. The maximum Gasteiger partial charge on any atom is 0.258 e. The molecule has 2 aliphatic rings. The zero-order valence-corrected chi connectivity index (χ0v) is 16.0. The maximum atomic E-state index is 13.5. The lowest BCUT2D eigenvalue weighted by Crippen LogP contribution is -2.47. The molecule has 140 valence electrons. The van der Waals surface area contributed by atoms with Crippen LogP contribution in [0.5, 0.6) is 0 Å². The topological polar surface area (TPSA) is 62.5 Å². The number of anilines is 1. The molecule has 2 aliphatic heterocycles. The number of piperidine rings is 2. The van der Waals surface area contributed by atoms with Crippen LogP contribution in [0.15, 0.2) is 10.7 Å². The van der Waals surface area contributed by atoms with Crippen LogP contribution in [-0.4, -0.2) is 45.9 Å². The quantitative estimate of drug-likeness (QED) is 0.816. The van der Waals surface area contributed by atoms with Gasteiger partial charge in [-0.3, -0.25) is 4.79 Å². The van der Waals surface area contributed by atoms with Crippen molar-refractivity contribution in [3.05, 3.63) is 17.7 Å². The molecule has 0 saturated carbocycles. The predicted molar refractivity (Wildman–Crippen MR) is 102 cm³/mol. The lowest BCUT2D eigenvalue weighted by atomic mass is 9.96. The second-order valence-electron chi connectivity index (χ2n) is 7.80. The van der Waals surface area contributed by atoms with Gasteiger partial charge < -0.3 is 14.2 Å². The highest BCUT2D eigenvalue weighted by atomic mass is 16.3. The van der Waals surface area contributed by atoms with Crippen LogP contribution in [0.3, 0.4) is 0 Å². The number of likely N-dealkylation sites (tertiary alicyclic amines) is 1. The molecule has 2 fully saturated rings. The Balaban J connectivity index is 1.81. The fraction of sp³-hybridized carbons (Fsp3) is 0.650. The van der Waals surface area contributed by atoms with E-state index < -0.39 is 0 Å². The third-order valence-corrected chi connectivity index (χ3v) is 5.94. The van der Waals surface area contributed by atoms with E-state index in [0.29, 0.717) is 17.0 Å². The van der Waals surface area contributed by atoms with Crippen molar-refractivity contribution in [2.24, 2.45) is 0 Å². The number of aryl methyl sites for hydroxylation is 1. The van der Waals surface area contributed by atoms with Crippen LogP contribution in [-0.2, 0) is 0 Å². The fourth-order valence-electron chi connectivity index (χ4n) is 4.58. The first-order chi connectivity index (χ1) is 12.6. The molecule has 4 rings (SSSR count). The van der Waals surface area contributed by atoms with Gasteiger partial charge in [-0.25, -0.2) is 9.97 Å². The Kier molecular flexibility index (Phi) is 4.59. The van der Waals surface area contributed by atoms with Gasteiger partial charge in [0, 0.05) is 25.2 Å². The molecule has 0 spiro atoms. The van der Waals surface area contributed by atoms with Crippen LogP contribution in [0.1, 0.15) is 68.5 Å². The summed E-state index contributed by atoms with van der Waals surface area (Å²) in [6.45, 7) is 8.11. The molecular formula is C20H28N4O2. The predicted octanol–water partition coefficient (Wildman–Crippen LogP) is 3.92. The SMILES string of the molecule is Cc1oc2ncnc(N3CCCCC3)c2c1C(=O)N1[C@@H](C)CCC[C@@H]1C. The van der Waals surface area contributed by atoms with Gasteiger partial charge >= 0.3 is 0 Å². The summed E-state index contributed by atoms with van der Waals surface area (Å²) in [5, 5.41) is 0.793. The largest absolute Gasteiger partial charge is 0.442 e. The van der Waals surface area contributed by atoms with Crippen molar-refractivity contribution in [1.82, 2.24) is 14.9 Å². The summed E-state index contributed by atoms with van der Waals surface area (Å²) in [4.78, 5) is 26.7. The lowest BCUT2D eigenvalue weighted by Gasteiger charge is -2.39. The molecule has 0 aromatic carbocycles. The number of amides is 1. The molecule has 2 atom stereocenters. The highest BCUT2D eigenvalue weighted by molar-refractivity contribution is 6.10. The van der Waals surface area contributed by atoms with Crippen LogP contribution in [0.4, 0.5) is 5.82 Å². The first-order valence-corrected chi connectivity index (χ1v) is 9.89.